The molecule has 1 rings (SSSR count). The monoisotopic (exact) mass is 175 g/mol. The van der Waals surface area contributed by atoms with Gasteiger partial charge < -0.3 is 5.73 Å². The van der Waals surface area contributed by atoms with Crippen molar-refractivity contribution in [1.82, 2.24) is 0 Å². The van der Waals surface area contributed by atoms with E-state index in [-0.39, 0.29) is 0 Å². The summed E-state index contributed by atoms with van der Waals surface area (Å²) in [5.74, 6) is 0. The Morgan fingerprint density at radius 2 is 1.70 bits per heavy atom. The molecular weight excluding hydrogens is 169 g/mol. The van der Waals surface area contributed by atoms with E-state index in [9.17, 15) is 0 Å². The van der Waals surface area contributed by atoms with Gasteiger partial charge in [0, 0.05) is 5.02 Å². The van der Waals surface area contributed by atoms with E-state index in [1.165, 1.54) is 0 Å². The van der Waals surface area contributed by atoms with Gasteiger partial charge in [0.15, 0.2) is 0 Å². The third kappa shape index (κ3) is 1.20. The van der Waals surface area contributed by atoms with Crippen molar-refractivity contribution in [2.45, 2.75) is 6.92 Å². The lowest BCUT2D eigenvalue weighted by Gasteiger charge is -2.02. The second kappa shape index (κ2) is 2.69. The zero-order valence-electron chi connectivity index (χ0n) is 5.49. The summed E-state index contributed by atoms with van der Waals surface area (Å²) in [6.07, 6.45) is 0. The molecule has 0 aliphatic rings. The van der Waals surface area contributed by atoms with Gasteiger partial charge in [-0.15, -0.1) is 0 Å². The minimum atomic E-state index is 0.557. The Morgan fingerprint density at radius 1 is 1.20 bits per heavy atom. The van der Waals surface area contributed by atoms with Crippen LogP contribution in [-0.2, 0) is 0 Å². The molecule has 1 aromatic carbocycles. The van der Waals surface area contributed by atoms with Crippen molar-refractivity contribution in [1.29, 1.82) is 0 Å². The van der Waals surface area contributed by atoms with Crippen LogP contribution in [0.25, 0.3) is 0 Å². The van der Waals surface area contributed by atoms with Gasteiger partial charge in [-0.25, -0.2) is 0 Å². The highest BCUT2D eigenvalue weighted by Gasteiger charge is 2.01. The van der Waals surface area contributed by atoms with E-state index in [2.05, 4.69) is 0 Å². The molecule has 0 atom stereocenters. The van der Waals surface area contributed by atoms with Crippen molar-refractivity contribution in [2.75, 3.05) is 5.73 Å². The molecule has 0 saturated heterocycles. The molecule has 0 aliphatic carbocycles. The predicted molar refractivity (Wildman–Crippen MR) is 45.6 cm³/mol. The van der Waals surface area contributed by atoms with Crippen LogP contribution in [0.4, 0.5) is 5.69 Å². The highest BCUT2D eigenvalue weighted by molar-refractivity contribution is 6.35. The van der Waals surface area contributed by atoms with Crippen LogP contribution >= 0.6 is 23.2 Å². The van der Waals surface area contributed by atoms with Crippen LogP contribution in [0.15, 0.2) is 12.1 Å². The molecule has 0 fully saturated rings. The Morgan fingerprint density at radius 3 is 2.20 bits per heavy atom. The van der Waals surface area contributed by atoms with Crippen LogP contribution in [0.3, 0.4) is 0 Å². The first-order valence-corrected chi connectivity index (χ1v) is 3.58. The fourth-order valence-corrected chi connectivity index (χ4v) is 1.04. The second-order valence-corrected chi connectivity index (χ2v) is 2.88. The molecule has 0 aromatic heterocycles. The number of nitrogen functional groups attached to an aromatic ring is 1. The minimum absolute atomic E-state index is 0.557. The largest absolute Gasteiger partial charge is 0.397 e. The average Bonchev–Trinajstić information content (AvgIpc) is 1.93. The van der Waals surface area contributed by atoms with Gasteiger partial charge in [0.1, 0.15) is 0 Å². The molecule has 54 valence electrons. The Labute approximate surface area is 69.7 Å². The topological polar surface area (TPSA) is 26.0 Å². The molecule has 1 nitrogen and oxygen atoms in total. The standard InChI is InChI=1S/C7H7Cl2N/c1-4-5(8)2-3-6(9)7(4)10/h2-3H,10H2,1H3. The van der Waals surface area contributed by atoms with Crippen molar-refractivity contribution < 1.29 is 0 Å². The van der Waals surface area contributed by atoms with Crippen molar-refractivity contribution in [3.05, 3.63) is 27.7 Å². The number of benzene rings is 1. The van der Waals surface area contributed by atoms with Gasteiger partial charge in [0.25, 0.3) is 0 Å². The summed E-state index contributed by atoms with van der Waals surface area (Å²) in [4.78, 5) is 0. The molecular formula is C7H7Cl2N. The molecule has 1 aromatic rings. The fraction of sp³-hybridized carbons (Fsp3) is 0.143. The van der Waals surface area contributed by atoms with Crippen LogP contribution in [-0.4, -0.2) is 0 Å². The Kier molecular flexibility index (Phi) is 2.07. The number of rotatable bonds is 0. The van der Waals surface area contributed by atoms with Crippen LogP contribution in [0.5, 0.6) is 0 Å². The lowest BCUT2D eigenvalue weighted by Crippen LogP contribution is -1.90. The fourth-order valence-electron chi connectivity index (χ4n) is 0.669. The zero-order chi connectivity index (χ0) is 7.72. The van der Waals surface area contributed by atoms with Crippen LogP contribution in [0.1, 0.15) is 5.56 Å². The van der Waals surface area contributed by atoms with E-state index in [1.807, 2.05) is 6.92 Å². The predicted octanol–water partition coefficient (Wildman–Crippen LogP) is 2.88. The normalized spacial score (nSPS) is 9.90. The molecule has 0 amide bonds. The molecule has 0 saturated carbocycles. The molecule has 3 heteroatoms. The van der Waals surface area contributed by atoms with Gasteiger partial charge in [-0.1, -0.05) is 23.2 Å². The molecule has 0 aliphatic heterocycles. The number of nitrogens with two attached hydrogens (primary N) is 1. The van der Waals surface area contributed by atoms with Gasteiger partial charge in [0.2, 0.25) is 0 Å². The first kappa shape index (κ1) is 7.70. The highest BCUT2D eigenvalue weighted by atomic mass is 35.5. The smallest absolute Gasteiger partial charge is 0.0639 e. The van der Waals surface area contributed by atoms with Gasteiger partial charge >= 0.3 is 0 Å². The van der Waals surface area contributed by atoms with Gasteiger partial charge in [-0.2, -0.15) is 0 Å². The molecule has 0 spiro atoms. The first-order chi connectivity index (χ1) is 4.63. The summed E-state index contributed by atoms with van der Waals surface area (Å²) in [5.41, 5.74) is 6.97. The maximum atomic E-state index is 5.75. The van der Waals surface area contributed by atoms with E-state index in [4.69, 9.17) is 28.9 Å². The van der Waals surface area contributed by atoms with Crippen LogP contribution in [0.2, 0.25) is 10.0 Å². The maximum Gasteiger partial charge on any atom is 0.0639 e. The summed E-state index contributed by atoms with van der Waals surface area (Å²) < 4.78 is 0. The number of anilines is 1. The lowest BCUT2D eigenvalue weighted by molar-refractivity contribution is 1.47. The summed E-state index contributed by atoms with van der Waals surface area (Å²) in [6.45, 7) is 1.84. The van der Waals surface area contributed by atoms with E-state index >= 15 is 0 Å². The van der Waals surface area contributed by atoms with Crippen LogP contribution < -0.4 is 5.73 Å². The van der Waals surface area contributed by atoms with E-state index in [0.29, 0.717) is 15.7 Å². The average molecular weight is 176 g/mol. The third-order valence-electron chi connectivity index (χ3n) is 1.40. The molecule has 0 unspecified atom stereocenters. The highest BCUT2D eigenvalue weighted by Crippen LogP contribution is 2.27. The Bertz CT molecular complexity index is 231. The third-order valence-corrected chi connectivity index (χ3v) is 2.13. The van der Waals surface area contributed by atoms with Crippen molar-refractivity contribution in [3.8, 4) is 0 Å². The van der Waals surface area contributed by atoms with Crippen molar-refractivity contribution >= 4 is 28.9 Å². The summed E-state index contributed by atoms with van der Waals surface area (Å²) >= 11 is 11.4. The second-order valence-electron chi connectivity index (χ2n) is 2.07. The summed E-state index contributed by atoms with van der Waals surface area (Å²) in [6, 6.07) is 3.42. The molecule has 10 heavy (non-hydrogen) atoms. The molecule has 2 N–H and O–H groups in total. The van der Waals surface area contributed by atoms with E-state index in [0.717, 1.165) is 5.56 Å². The quantitative estimate of drug-likeness (QED) is 0.604. The summed E-state index contributed by atoms with van der Waals surface area (Å²) in [5, 5.41) is 1.21. The summed E-state index contributed by atoms with van der Waals surface area (Å²) in [7, 11) is 0. The lowest BCUT2D eigenvalue weighted by atomic mass is 10.2. The molecule has 0 heterocycles. The molecule has 0 bridgehead atoms. The minimum Gasteiger partial charge on any atom is -0.397 e. The number of hydrogen-bond donors (Lipinski definition) is 1. The van der Waals surface area contributed by atoms with E-state index in [1.54, 1.807) is 12.1 Å². The van der Waals surface area contributed by atoms with Gasteiger partial charge in [-0.05, 0) is 24.6 Å². The molecule has 0 radical (unpaired) electrons. The Balaban J connectivity index is 3.34. The zero-order valence-corrected chi connectivity index (χ0v) is 7.00. The van der Waals surface area contributed by atoms with E-state index < -0.39 is 0 Å². The van der Waals surface area contributed by atoms with Crippen molar-refractivity contribution in [3.63, 3.8) is 0 Å². The first-order valence-electron chi connectivity index (χ1n) is 2.83. The van der Waals surface area contributed by atoms with Gasteiger partial charge in [0.05, 0.1) is 10.7 Å². The number of halogens is 2. The Hall–Kier alpha value is -0.400. The van der Waals surface area contributed by atoms with Gasteiger partial charge in [-0.3, -0.25) is 0 Å². The number of hydrogen-bond acceptors (Lipinski definition) is 1. The van der Waals surface area contributed by atoms with Crippen molar-refractivity contribution in [2.24, 2.45) is 0 Å². The van der Waals surface area contributed by atoms with Crippen LogP contribution in [0, 0.1) is 6.92 Å². The maximum absolute atomic E-state index is 5.75. The SMILES string of the molecule is Cc1c(Cl)ccc(Cl)c1N.